The highest BCUT2D eigenvalue weighted by Gasteiger charge is 2.44. The van der Waals surface area contributed by atoms with Crippen molar-refractivity contribution in [2.45, 2.75) is 24.4 Å². The van der Waals surface area contributed by atoms with Crippen molar-refractivity contribution in [3.8, 4) is 0 Å². The van der Waals surface area contributed by atoms with Crippen molar-refractivity contribution in [3.63, 3.8) is 0 Å². The lowest BCUT2D eigenvalue weighted by atomic mass is 10.1. The summed E-state index contributed by atoms with van der Waals surface area (Å²) in [5, 5.41) is 1.19. The second kappa shape index (κ2) is 4.58. The smallest absolute Gasteiger partial charge is 0.306 e. The Hall–Kier alpha value is -0.820. The molecule has 1 saturated carbocycles. The molecule has 2 rings (SSSR count). The number of ether oxygens (including phenoxy) is 1. The van der Waals surface area contributed by atoms with E-state index in [-0.39, 0.29) is 11.4 Å². The van der Waals surface area contributed by atoms with Crippen LogP contribution in [0.4, 0.5) is 5.13 Å². The Bertz CT molecular complexity index is 390. The normalized spacial score (nSPS) is 17.1. The van der Waals surface area contributed by atoms with Gasteiger partial charge in [-0.05, 0) is 18.3 Å². The fourth-order valence-electron chi connectivity index (χ4n) is 1.42. The topological polar surface area (TPSA) is 78.1 Å². The van der Waals surface area contributed by atoms with E-state index in [0.717, 1.165) is 18.6 Å². The summed E-state index contributed by atoms with van der Waals surface area (Å²) < 4.78 is 8.78. The monoisotopic (exact) mass is 259 g/mol. The van der Waals surface area contributed by atoms with Crippen LogP contribution in [0.1, 0.15) is 19.3 Å². The van der Waals surface area contributed by atoms with Crippen LogP contribution in [0.25, 0.3) is 0 Å². The first-order chi connectivity index (χ1) is 7.63. The molecular formula is C9H13N3O2S2. The minimum Gasteiger partial charge on any atom is -0.469 e. The van der Waals surface area contributed by atoms with Crippen LogP contribution in [0.2, 0.25) is 0 Å². The highest BCUT2D eigenvalue weighted by Crippen LogP contribution is 2.51. The van der Waals surface area contributed by atoms with E-state index in [1.165, 1.54) is 18.6 Å². The lowest BCUT2D eigenvalue weighted by Crippen LogP contribution is -2.13. The summed E-state index contributed by atoms with van der Waals surface area (Å²) in [5.74, 6) is 0.724. The van der Waals surface area contributed by atoms with Gasteiger partial charge in [0, 0.05) is 17.3 Å². The number of hydrogen-bond donors (Lipinski definition) is 1. The number of rotatable bonds is 5. The van der Waals surface area contributed by atoms with E-state index in [1.54, 1.807) is 11.8 Å². The molecule has 0 bridgehead atoms. The number of hydrogen-bond acceptors (Lipinski definition) is 7. The van der Waals surface area contributed by atoms with Crippen LogP contribution in [0.5, 0.6) is 0 Å². The van der Waals surface area contributed by atoms with E-state index in [9.17, 15) is 4.79 Å². The summed E-state index contributed by atoms with van der Waals surface area (Å²) in [6, 6.07) is 0. The van der Waals surface area contributed by atoms with Crippen LogP contribution >= 0.6 is 23.3 Å². The molecule has 0 radical (unpaired) electrons. The van der Waals surface area contributed by atoms with Gasteiger partial charge in [-0.1, -0.05) is 11.8 Å². The Morgan fingerprint density at radius 2 is 2.44 bits per heavy atom. The lowest BCUT2D eigenvalue weighted by Gasteiger charge is -2.11. The molecule has 0 aromatic carbocycles. The summed E-state index contributed by atoms with van der Waals surface area (Å²) in [7, 11) is 1.42. The number of aromatic nitrogens is 2. The summed E-state index contributed by atoms with van der Waals surface area (Å²) in [5.41, 5.74) is 5.60. The molecule has 88 valence electrons. The fraction of sp³-hybridized carbons (Fsp3) is 0.667. The molecule has 16 heavy (non-hydrogen) atoms. The summed E-state index contributed by atoms with van der Waals surface area (Å²) in [6.07, 6.45) is 2.65. The van der Waals surface area contributed by atoms with E-state index < -0.39 is 0 Å². The summed E-state index contributed by atoms with van der Waals surface area (Å²) >= 11 is 2.76. The Morgan fingerprint density at radius 3 is 2.94 bits per heavy atom. The predicted molar refractivity (Wildman–Crippen MR) is 63.3 cm³/mol. The predicted octanol–water partition coefficient (Wildman–Crippen LogP) is 1.56. The number of nitrogens with two attached hydrogens (primary N) is 1. The maximum Gasteiger partial charge on any atom is 0.306 e. The van der Waals surface area contributed by atoms with Gasteiger partial charge in [0.2, 0.25) is 10.3 Å². The zero-order valence-electron chi connectivity index (χ0n) is 8.93. The third-order valence-corrected chi connectivity index (χ3v) is 4.49. The standard InChI is InChI=1S/C9H13N3O2S2/c1-14-6(13)4-9(2-3-9)5-15-8-11-7(10)16-12-8/h2-5H2,1H3,(H2,10,11,12). The molecule has 0 unspecified atom stereocenters. The van der Waals surface area contributed by atoms with Gasteiger partial charge in [0.05, 0.1) is 13.5 Å². The van der Waals surface area contributed by atoms with Crippen LogP contribution in [0.15, 0.2) is 5.16 Å². The van der Waals surface area contributed by atoms with Gasteiger partial charge in [0.1, 0.15) is 0 Å². The second-order valence-electron chi connectivity index (χ2n) is 3.96. The molecule has 0 spiro atoms. The van der Waals surface area contributed by atoms with Crippen molar-refractivity contribution in [3.05, 3.63) is 0 Å². The van der Waals surface area contributed by atoms with Gasteiger partial charge < -0.3 is 10.5 Å². The van der Waals surface area contributed by atoms with E-state index in [1.807, 2.05) is 0 Å². The highest BCUT2D eigenvalue weighted by atomic mass is 32.2. The molecule has 1 aliphatic rings. The van der Waals surface area contributed by atoms with Crippen LogP contribution in [0.3, 0.4) is 0 Å². The minimum atomic E-state index is -0.135. The van der Waals surface area contributed by atoms with Crippen molar-refractivity contribution in [2.75, 3.05) is 18.6 Å². The first-order valence-corrected chi connectivity index (χ1v) is 6.68. The Morgan fingerprint density at radius 1 is 1.69 bits per heavy atom. The van der Waals surface area contributed by atoms with Gasteiger partial charge >= 0.3 is 5.97 Å². The molecule has 0 amide bonds. The Balaban J connectivity index is 1.83. The van der Waals surface area contributed by atoms with Crippen LogP contribution in [-0.4, -0.2) is 28.2 Å². The molecular weight excluding hydrogens is 246 g/mol. The SMILES string of the molecule is COC(=O)CC1(CSc2nsc(N)n2)CC1. The third-order valence-electron chi connectivity index (χ3n) is 2.63. The average molecular weight is 259 g/mol. The molecule has 2 N–H and O–H groups in total. The number of anilines is 1. The van der Waals surface area contributed by atoms with E-state index in [2.05, 4.69) is 14.1 Å². The maximum atomic E-state index is 11.2. The van der Waals surface area contributed by atoms with Crippen LogP contribution in [-0.2, 0) is 9.53 Å². The third kappa shape index (κ3) is 2.85. The Kier molecular flexibility index (Phi) is 3.34. The van der Waals surface area contributed by atoms with E-state index >= 15 is 0 Å². The maximum absolute atomic E-state index is 11.2. The van der Waals surface area contributed by atoms with E-state index in [4.69, 9.17) is 5.73 Å². The molecule has 7 heteroatoms. The number of esters is 1. The number of nitrogens with zero attached hydrogens (tertiary/aromatic N) is 2. The quantitative estimate of drug-likeness (QED) is 0.638. The van der Waals surface area contributed by atoms with Crippen LogP contribution < -0.4 is 5.73 Å². The molecule has 1 fully saturated rings. The van der Waals surface area contributed by atoms with Gasteiger partial charge in [-0.25, -0.2) is 0 Å². The number of thioether (sulfide) groups is 1. The van der Waals surface area contributed by atoms with Gasteiger partial charge in [0.25, 0.3) is 0 Å². The molecule has 0 aliphatic heterocycles. The van der Waals surface area contributed by atoms with Crippen molar-refractivity contribution in [1.29, 1.82) is 0 Å². The zero-order chi connectivity index (χ0) is 11.6. The fourth-order valence-corrected chi connectivity index (χ4v) is 3.13. The van der Waals surface area contributed by atoms with Gasteiger partial charge in [0.15, 0.2) is 0 Å². The first-order valence-electron chi connectivity index (χ1n) is 4.92. The van der Waals surface area contributed by atoms with E-state index in [0.29, 0.717) is 16.7 Å². The first kappa shape index (κ1) is 11.7. The molecule has 1 heterocycles. The minimum absolute atomic E-state index is 0.109. The molecule has 1 aliphatic carbocycles. The molecule has 0 saturated heterocycles. The highest BCUT2D eigenvalue weighted by molar-refractivity contribution is 7.99. The molecule has 0 atom stereocenters. The molecule has 5 nitrogen and oxygen atoms in total. The zero-order valence-corrected chi connectivity index (χ0v) is 10.6. The number of methoxy groups -OCH3 is 1. The van der Waals surface area contributed by atoms with Crippen LogP contribution in [0, 0.1) is 5.41 Å². The van der Waals surface area contributed by atoms with Gasteiger partial charge in [-0.3, -0.25) is 4.79 Å². The number of nitrogen functional groups attached to an aromatic ring is 1. The number of carbonyl (C=O) groups is 1. The largest absolute Gasteiger partial charge is 0.469 e. The molecule has 1 aromatic rings. The summed E-state index contributed by atoms with van der Waals surface area (Å²) in [4.78, 5) is 15.3. The lowest BCUT2D eigenvalue weighted by molar-refractivity contribution is -0.141. The van der Waals surface area contributed by atoms with Crippen molar-refractivity contribution in [1.82, 2.24) is 9.36 Å². The number of carbonyl (C=O) groups excluding carboxylic acids is 1. The van der Waals surface area contributed by atoms with Crippen molar-refractivity contribution in [2.24, 2.45) is 5.41 Å². The van der Waals surface area contributed by atoms with Crippen molar-refractivity contribution < 1.29 is 9.53 Å². The van der Waals surface area contributed by atoms with Crippen molar-refractivity contribution >= 4 is 34.4 Å². The average Bonchev–Trinajstić information content (AvgIpc) is 2.90. The summed E-state index contributed by atoms with van der Waals surface area (Å²) in [6.45, 7) is 0. The molecule has 1 aromatic heterocycles. The Labute approximate surface area is 102 Å². The second-order valence-corrected chi connectivity index (χ2v) is 5.68. The van der Waals surface area contributed by atoms with Gasteiger partial charge in [-0.15, -0.1) is 0 Å². The van der Waals surface area contributed by atoms with Gasteiger partial charge in [-0.2, -0.15) is 9.36 Å².